The van der Waals surface area contributed by atoms with E-state index in [0.29, 0.717) is 6.04 Å². The monoisotopic (exact) mass is 406 g/mol. The molecule has 0 aromatic heterocycles. The molecule has 1 N–H and O–H groups in total. The lowest BCUT2D eigenvalue weighted by Crippen LogP contribution is -2.50. The van der Waals surface area contributed by atoms with Gasteiger partial charge in [0, 0.05) is 39.6 Å². The molecule has 6 heteroatoms. The number of likely N-dealkylation sites (tertiary alicyclic amines) is 1. The zero-order valence-electron chi connectivity index (χ0n) is 17.5. The van der Waals surface area contributed by atoms with E-state index >= 15 is 0 Å². The van der Waals surface area contributed by atoms with Gasteiger partial charge in [-0.1, -0.05) is 48.5 Å². The van der Waals surface area contributed by atoms with Crippen molar-refractivity contribution in [1.82, 2.24) is 15.1 Å². The standard InChI is InChI=1S/C24H30N4O2/c1-25-24(26-14-20-13-19-9-5-6-10-22(19)30-20)28-16-21-23(17-28)29-12-11-27(21)15-18-7-3-2-4-8-18/h2-10,20-21,23H,11-17H2,1H3,(H,25,26). The number of morpholine rings is 1. The maximum Gasteiger partial charge on any atom is 0.193 e. The summed E-state index contributed by atoms with van der Waals surface area (Å²) in [5.41, 5.74) is 2.65. The van der Waals surface area contributed by atoms with Crippen molar-refractivity contribution in [3.05, 3.63) is 65.7 Å². The molecule has 2 aromatic carbocycles. The molecule has 3 aliphatic rings. The highest BCUT2D eigenvalue weighted by Gasteiger charge is 2.41. The summed E-state index contributed by atoms with van der Waals surface area (Å²) in [5.74, 6) is 1.95. The Morgan fingerprint density at radius 2 is 1.93 bits per heavy atom. The number of benzene rings is 2. The smallest absolute Gasteiger partial charge is 0.193 e. The molecule has 6 nitrogen and oxygen atoms in total. The summed E-state index contributed by atoms with van der Waals surface area (Å²) < 4.78 is 12.2. The van der Waals surface area contributed by atoms with E-state index in [4.69, 9.17) is 9.47 Å². The molecular weight excluding hydrogens is 376 g/mol. The molecule has 3 atom stereocenters. The number of ether oxygens (including phenoxy) is 2. The van der Waals surface area contributed by atoms with Crippen LogP contribution in [-0.4, -0.2) is 73.8 Å². The van der Waals surface area contributed by atoms with Gasteiger partial charge in [0.2, 0.25) is 0 Å². The first-order chi connectivity index (χ1) is 14.8. The molecule has 0 radical (unpaired) electrons. The summed E-state index contributed by atoms with van der Waals surface area (Å²) in [6.07, 6.45) is 1.32. The maximum absolute atomic E-state index is 6.12. The molecule has 2 saturated heterocycles. The average molecular weight is 407 g/mol. The summed E-state index contributed by atoms with van der Waals surface area (Å²) in [7, 11) is 1.86. The third kappa shape index (κ3) is 4.02. The second kappa shape index (κ2) is 8.66. The van der Waals surface area contributed by atoms with E-state index in [1.54, 1.807) is 0 Å². The normalized spacial score (nSPS) is 26.2. The van der Waals surface area contributed by atoms with Crippen LogP contribution in [0.5, 0.6) is 5.75 Å². The van der Waals surface area contributed by atoms with Crippen LogP contribution >= 0.6 is 0 Å². The van der Waals surface area contributed by atoms with E-state index in [9.17, 15) is 0 Å². The molecule has 3 heterocycles. The number of hydrogen-bond donors (Lipinski definition) is 1. The molecule has 0 amide bonds. The molecule has 3 aliphatic heterocycles. The second-order valence-corrected chi connectivity index (χ2v) is 8.32. The number of aliphatic imine (C=N–C) groups is 1. The van der Waals surface area contributed by atoms with Gasteiger partial charge in [-0.25, -0.2) is 0 Å². The van der Waals surface area contributed by atoms with Gasteiger partial charge in [-0.15, -0.1) is 0 Å². The highest BCUT2D eigenvalue weighted by Crippen LogP contribution is 2.28. The molecular formula is C24H30N4O2. The average Bonchev–Trinajstić information content (AvgIpc) is 3.39. The Labute approximate surface area is 178 Å². The molecule has 2 fully saturated rings. The Balaban J connectivity index is 1.18. The first-order valence-electron chi connectivity index (χ1n) is 10.9. The van der Waals surface area contributed by atoms with Gasteiger partial charge in [0.15, 0.2) is 5.96 Å². The third-order valence-corrected chi connectivity index (χ3v) is 6.36. The number of fused-ring (bicyclic) bond motifs is 2. The first kappa shape index (κ1) is 19.4. The summed E-state index contributed by atoms with van der Waals surface area (Å²) in [5, 5.41) is 3.54. The fourth-order valence-corrected chi connectivity index (χ4v) is 4.85. The Hall–Kier alpha value is -2.57. The van der Waals surface area contributed by atoms with Crippen molar-refractivity contribution in [1.29, 1.82) is 0 Å². The second-order valence-electron chi connectivity index (χ2n) is 8.32. The largest absolute Gasteiger partial charge is 0.488 e. The van der Waals surface area contributed by atoms with Crippen molar-refractivity contribution in [2.75, 3.05) is 39.8 Å². The molecule has 0 spiro atoms. The lowest BCUT2D eigenvalue weighted by molar-refractivity contribution is -0.0502. The number of para-hydroxylation sites is 1. The van der Waals surface area contributed by atoms with E-state index < -0.39 is 0 Å². The number of nitrogens with zero attached hydrogens (tertiary/aromatic N) is 3. The predicted molar refractivity (Wildman–Crippen MR) is 118 cm³/mol. The molecule has 30 heavy (non-hydrogen) atoms. The molecule has 0 saturated carbocycles. The van der Waals surface area contributed by atoms with Crippen LogP contribution < -0.4 is 10.1 Å². The summed E-state index contributed by atoms with van der Waals surface area (Å²) in [6, 6.07) is 19.4. The van der Waals surface area contributed by atoms with Crippen LogP contribution in [0.25, 0.3) is 0 Å². The van der Waals surface area contributed by atoms with Gasteiger partial charge in [-0.2, -0.15) is 0 Å². The number of guanidine groups is 1. The molecule has 2 aromatic rings. The minimum Gasteiger partial charge on any atom is -0.488 e. The van der Waals surface area contributed by atoms with E-state index in [1.807, 2.05) is 19.2 Å². The minimum absolute atomic E-state index is 0.148. The predicted octanol–water partition coefficient (Wildman–Crippen LogP) is 2.15. The molecule has 0 bridgehead atoms. The van der Waals surface area contributed by atoms with Crippen LogP contribution in [-0.2, 0) is 17.7 Å². The number of nitrogens with one attached hydrogen (secondary N) is 1. The minimum atomic E-state index is 0.148. The van der Waals surface area contributed by atoms with E-state index in [2.05, 4.69) is 62.6 Å². The first-order valence-corrected chi connectivity index (χ1v) is 10.9. The van der Waals surface area contributed by atoms with Crippen molar-refractivity contribution in [2.24, 2.45) is 4.99 Å². The quantitative estimate of drug-likeness (QED) is 0.623. The van der Waals surface area contributed by atoms with Crippen molar-refractivity contribution in [2.45, 2.75) is 31.2 Å². The van der Waals surface area contributed by atoms with Crippen molar-refractivity contribution in [3.63, 3.8) is 0 Å². The van der Waals surface area contributed by atoms with Gasteiger partial charge in [-0.3, -0.25) is 9.89 Å². The Kier molecular flexibility index (Phi) is 5.60. The van der Waals surface area contributed by atoms with E-state index in [0.717, 1.165) is 57.5 Å². The molecule has 0 aliphatic carbocycles. The van der Waals surface area contributed by atoms with Gasteiger partial charge in [0.25, 0.3) is 0 Å². The van der Waals surface area contributed by atoms with Crippen LogP contribution in [0.1, 0.15) is 11.1 Å². The fraction of sp³-hybridized carbons (Fsp3) is 0.458. The van der Waals surface area contributed by atoms with Crippen LogP contribution in [0.15, 0.2) is 59.6 Å². The van der Waals surface area contributed by atoms with Gasteiger partial charge < -0.3 is 19.7 Å². The van der Waals surface area contributed by atoms with Crippen molar-refractivity contribution < 1.29 is 9.47 Å². The molecule has 5 rings (SSSR count). The van der Waals surface area contributed by atoms with Gasteiger partial charge >= 0.3 is 0 Å². The summed E-state index contributed by atoms with van der Waals surface area (Å²) >= 11 is 0. The topological polar surface area (TPSA) is 49.3 Å². The SMILES string of the molecule is CN=C(NCC1Cc2ccccc2O1)N1CC2OCCN(Cc3ccccc3)C2C1. The Bertz CT molecular complexity index is 863. The van der Waals surface area contributed by atoms with Gasteiger partial charge in [0.05, 0.1) is 25.3 Å². The van der Waals surface area contributed by atoms with E-state index in [-0.39, 0.29) is 12.2 Å². The fourth-order valence-electron chi connectivity index (χ4n) is 4.85. The molecule has 3 unspecified atom stereocenters. The number of rotatable bonds is 4. The highest BCUT2D eigenvalue weighted by atomic mass is 16.5. The van der Waals surface area contributed by atoms with Crippen LogP contribution in [0.4, 0.5) is 0 Å². The lowest BCUT2D eigenvalue weighted by Gasteiger charge is -2.36. The zero-order valence-corrected chi connectivity index (χ0v) is 17.5. The van der Waals surface area contributed by atoms with Crippen molar-refractivity contribution >= 4 is 5.96 Å². The van der Waals surface area contributed by atoms with Crippen LogP contribution in [0, 0.1) is 0 Å². The summed E-state index contributed by atoms with van der Waals surface area (Å²) in [6.45, 7) is 5.30. The van der Waals surface area contributed by atoms with Crippen LogP contribution in [0.2, 0.25) is 0 Å². The van der Waals surface area contributed by atoms with Gasteiger partial charge in [-0.05, 0) is 17.2 Å². The Morgan fingerprint density at radius 3 is 2.77 bits per heavy atom. The number of hydrogen-bond acceptors (Lipinski definition) is 4. The zero-order chi connectivity index (χ0) is 20.3. The summed E-state index contributed by atoms with van der Waals surface area (Å²) in [4.78, 5) is 9.45. The highest BCUT2D eigenvalue weighted by molar-refractivity contribution is 5.80. The maximum atomic E-state index is 6.12. The molecule has 158 valence electrons. The lowest BCUT2D eigenvalue weighted by atomic mass is 10.1. The third-order valence-electron chi connectivity index (χ3n) is 6.36. The van der Waals surface area contributed by atoms with E-state index in [1.165, 1.54) is 11.1 Å². The Morgan fingerprint density at radius 1 is 1.10 bits per heavy atom. The van der Waals surface area contributed by atoms with Crippen LogP contribution in [0.3, 0.4) is 0 Å². The van der Waals surface area contributed by atoms with Gasteiger partial charge in [0.1, 0.15) is 11.9 Å². The van der Waals surface area contributed by atoms with Crippen molar-refractivity contribution in [3.8, 4) is 5.75 Å².